The van der Waals surface area contributed by atoms with E-state index in [1.807, 2.05) is 48.2 Å². The van der Waals surface area contributed by atoms with Crippen molar-refractivity contribution >= 4 is 27.7 Å². The van der Waals surface area contributed by atoms with E-state index < -0.39 is 0 Å². The van der Waals surface area contributed by atoms with Crippen LogP contribution in [0.15, 0.2) is 51.6 Å². The van der Waals surface area contributed by atoms with Crippen LogP contribution in [0.1, 0.15) is 35.9 Å². The molecule has 5 nitrogen and oxygen atoms in total. The molecule has 6 heteroatoms. The summed E-state index contributed by atoms with van der Waals surface area (Å²) in [7, 11) is 0. The first-order chi connectivity index (χ1) is 12.5. The third kappa shape index (κ3) is 4.75. The van der Waals surface area contributed by atoms with Crippen LogP contribution in [-0.2, 0) is 11.2 Å². The SMILES string of the molecule is CC(Cc1ccco1)NC(=O)C1CCN(C(=O)c2ccc(Br)cc2)CC1. The molecule has 0 radical (unpaired) electrons. The largest absolute Gasteiger partial charge is 0.469 e. The summed E-state index contributed by atoms with van der Waals surface area (Å²) in [6, 6.07) is 11.2. The summed E-state index contributed by atoms with van der Waals surface area (Å²) in [4.78, 5) is 26.8. The lowest BCUT2D eigenvalue weighted by molar-refractivity contribution is -0.126. The monoisotopic (exact) mass is 418 g/mol. The highest BCUT2D eigenvalue weighted by atomic mass is 79.9. The minimum absolute atomic E-state index is 0.0241. The van der Waals surface area contributed by atoms with Gasteiger partial charge in [-0.2, -0.15) is 0 Å². The second-order valence-electron chi connectivity index (χ2n) is 6.77. The Morgan fingerprint density at radius 1 is 1.23 bits per heavy atom. The second kappa shape index (κ2) is 8.54. The fraction of sp³-hybridized carbons (Fsp3) is 0.400. The molecule has 0 saturated carbocycles. The second-order valence-corrected chi connectivity index (χ2v) is 7.68. The number of likely N-dealkylation sites (tertiary alicyclic amines) is 1. The van der Waals surface area contributed by atoms with E-state index in [0.29, 0.717) is 37.9 Å². The summed E-state index contributed by atoms with van der Waals surface area (Å²) >= 11 is 3.38. The molecular weight excluding hydrogens is 396 g/mol. The molecule has 138 valence electrons. The van der Waals surface area contributed by atoms with Crippen molar-refractivity contribution in [3.05, 3.63) is 58.5 Å². The number of piperidine rings is 1. The van der Waals surface area contributed by atoms with Crippen molar-refractivity contribution in [2.24, 2.45) is 5.92 Å². The van der Waals surface area contributed by atoms with E-state index in [1.54, 1.807) is 6.26 Å². The molecule has 1 aromatic heterocycles. The number of halogens is 1. The van der Waals surface area contributed by atoms with Gasteiger partial charge in [0.25, 0.3) is 5.91 Å². The topological polar surface area (TPSA) is 62.6 Å². The Balaban J connectivity index is 1.47. The number of furan rings is 1. The van der Waals surface area contributed by atoms with Gasteiger partial charge in [0.15, 0.2) is 0 Å². The molecule has 1 aromatic carbocycles. The average molecular weight is 419 g/mol. The first-order valence-electron chi connectivity index (χ1n) is 8.90. The van der Waals surface area contributed by atoms with Crippen molar-refractivity contribution < 1.29 is 14.0 Å². The lowest BCUT2D eigenvalue weighted by Gasteiger charge is -2.32. The van der Waals surface area contributed by atoms with E-state index in [-0.39, 0.29) is 23.8 Å². The summed E-state index contributed by atoms with van der Waals surface area (Å²) in [6.45, 7) is 3.20. The fourth-order valence-corrected chi connectivity index (χ4v) is 3.53. The van der Waals surface area contributed by atoms with E-state index in [2.05, 4.69) is 21.2 Å². The molecule has 2 heterocycles. The fourth-order valence-electron chi connectivity index (χ4n) is 3.26. The van der Waals surface area contributed by atoms with Gasteiger partial charge in [0.2, 0.25) is 5.91 Å². The third-order valence-corrected chi connectivity index (χ3v) is 5.25. The quantitative estimate of drug-likeness (QED) is 0.805. The van der Waals surface area contributed by atoms with Crippen LogP contribution in [0.2, 0.25) is 0 Å². The number of rotatable bonds is 5. The molecule has 1 unspecified atom stereocenters. The number of hydrogen-bond donors (Lipinski definition) is 1. The molecule has 1 N–H and O–H groups in total. The Morgan fingerprint density at radius 2 is 1.92 bits per heavy atom. The van der Waals surface area contributed by atoms with Crippen molar-refractivity contribution in [1.29, 1.82) is 0 Å². The molecule has 26 heavy (non-hydrogen) atoms. The summed E-state index contributed by atoms with van der Waals surface area (Å²) in [5.74, 6) is 0.929. The van der Waals surface area contributed by atoms with Crippen molar-refractivity contribution in [3.63, 3.8) is 0 Å². The van der Waals surface area contributed by atoms with E-state index >= 15 is 0 Å². The van der Waals surface area contributed by atoms with Gasteiger partial charge in [0, 0.05) is 41.5 Å². The van der Waals surface area contributed by atoms with Crippen LogP contribution in [0.4, 0.5) is 0 Å². The molecule has 2 aromatic rings. The summed E-state index contributed by atoms with van der Waals surface area (Å²) < 4.78 is 6.27. The van der Waals surface area contributed by atoms with Crippen LogP contribution >= 0.6 is 15.9 Å². The van der Waals surface area contributed by atoms with Crippen LogP contribution in [0, 0.1) is 5.92 Å². The van der Waals surface area contributed by atoms with Gasteiger partial charge in [-0.25, -0.2) is 0 Å². The van der Waals surface area contributed by atoms with Gasteiger partial charge in [-0.3, -0.25) is 9.59 Å². The first kappa shape index (κ1) is 18.7. The Bertz CT molecular complexity index is 735. The van der Waals surface area contributed by atoms with Crippen LogP contribution in [0.5, 0.6) is 0 Å². The van der Waals surface area contributed by atoms with Crippen molar-refractivity contribution in [1.82, 2.24) is 10.2 Å². The average Bonchev–Trinajstić information content (AvgIpc) is 3.14. The number of amides is 2. The Labute approximate surface area is 161 Å². The van der Waals surface area contributed by atoms with E-state index in [1.165, 1.54) is 0 Å². The van der Waals surface area contributed by atoms with Crippen LogP contribution < -0.4 is 5.32 Å². The molecule has 0 aliphatic carbocycles. The minimum Gasteiger partial charge on any atom is -0.469 e. The maximum atomic E-state index is 12.5. The van der Waals surface area contributed by atoms with Crippen LogP contribution in [-0.4, -0.2) is 35.8 Å². The van der Waals surface area contributed by atoms with Crippen molar-refractivity contribution in [2.75, 3.05) is 13.1 Å². The van der Waals surface area contributed by atoms with Gasteiger partial charge < -0.3 is 14.6 Å². The number of carbonyl (C=O) groups is 2. The predicted octanol–water partition coefficient (Wildman–Crippen LogP) is 3.64. The highest BCUT2D eigenvalue weighted by Crippen LogP contribution is 2.20. The maximum absolute atomic E-state index is 12.5. The zero-order valence-electron chi connectivity index (χ0n) is 14.8. The van der Waals surface area contributed by atoms with E-state index in [9.17, 15) is 9.59 Å². The van der Waals surface area contributed by atoms with Crippen molar-refractivity contribution in [3.8, 4) is 0 Å². The Hall–Kier alpha value is -2.08. The molecule has 1 aliphatic heterocycles. The Morgan fingerprint density at radius 3 is 2.54 bits per heavy atom. The normalized spacial score (nSPS) is 16.3. The van der Waals surface area contributed by atoms with Gasteiger partial charge in [0.1, 0.15) is 5.76 Å². The third-order valence-electron chi connectivity index (χ3n) is 4.72. The number of nitrogens with zero attached hydrogens (tertiary/aromatic N) is 1. The predicted molar refractivity (Wildman–Crippen MR) is 103 cm³/mol. The van der Waals surface area contributed by atoms with Crippen molar-refractivity contribution in [2.45, 2.75) is 32.2 Å². The van der Waals surface area contributed by atoms with E-state index in [0.717, 1.165) is 10.2 Å². The molecule has 1 atom stereocenters. The van der Waals surface area contributed by atoms with Gasteiger partial charge in [-0.15, -0.1) is 0 Å². The first-order valence-corrected chi connectivity index (χ1v) is 9.70. The lowest BCUT2D eigenvalue weighted by atomic mass is 9.95. The molecule has 3 rings (SSSR count). The molecule has 0 spiro atoms. The lowest BCUT2D eigenvalue weighted by Crippen LogP contribution is -2.45. The molecule has 1 fully saturated rings. The van der Waals surface area contributed by atoms with Gasteiger partial charge >= 0.3 is 0 Å². The molecule has 1 aliphatic rings. The van der Waals surface area contributed by atoms with Crippen LogP contribution in [0.25, 0.3) is 0 Å². The standard InChI is InChI=1S/C20H23BrN2O3/c1-14(13-18-3-2-12-26-18)22-19(24)15-8-10-23(11-9-15)20(25)16-4-6-17(21)7-5-16/h2-7,12,14-15H,8-11,13H2,1H3,(H,22,24). The number of benzene rings is 1. The zero-order valence-corrected chi connectivity index (χ0v) is 16.4. The maximum Gasteiger partial charge on any atom is 0.253 e. The highest BCUT2D eigenvalue weighted by molar-refractivity contribution is 9.10. The van der Waals surface area contributed by atoms with Crippen LogP contribution in [0.3, 0.4) is 0 Å². The van der Waals surface area contributed by atoms with Gasteiger partial charge in [-0.1, -0.05) is 15.9 Å². The highest BCUT2D eigenvalue weighted by Gasteiger charge is 2.28. The number of nitrogens with one attached hydrogen (secondary N) is 1. The number of carbonyl (C=O) groups excluding carboxylic acids is 2. The molecule has 2 amide bonds. The van der Waals surface area contributed by atoms with Gasteiger partial charge in [-0.05, 0) is 56.2 Å². The van der Waals surface area contributed by atoms with Gasteiger partial charge in [0.05, 0.1) is 6.26 Å². The summed E-state index contributed by atoms with van der Waals surface area (Å²) in [6.07, 6.45) is 3.71. The molecule has 0 bridgehead atoms. The summed E-state index contributed by atoms with van der Waals surface area (Å²) in [5.41, 5.74) is 0.683. The number of hydrogen-bond acceptors (Lipinski definition) is 3. The smallest absolute Gasteiger partial charge is 0.253 e. The van der Waals surface area contributed by atoms with E-state index in [4.69, 9.17) is 4.42 Å². The minimum atomic E-state index is -0.0389. The molecule has 1 saturated heterocycles. The molecular formula is C20H23BrN2O3. The summed E-state index contributed by atoms with van der Waals surface area (Å²) in [5, 5.41) is 3.06. The Kier molecular flexibility index (Phi) is 6.14. The zero-order chi connectivity index (χ0) is 18.5.